The predicted octanol–water partition coefficient (Wildman–Crippen LogP) is 3.33. The summed E-state index contributed by atoms with van der Waals surface area (Å²) in [6.45, 7) is 9.15. The summed E-state index contributed by atoms with van der Waals surface area (Å²) in [6, 6.07) is 4.24. The van der Waals surface area contributed by atoms with Crippen LogP contribution in [0.1, 0.15) is 34.9 Å². The standard InChI is InChI=1S/C19H22N2O2/c1-4-21-8-7-17-16(11-21)14(5-6-19(22)23)15-9-12(2)13(3)10-18(15)20-17/h5-6,9-10H,4,7-8,11H2,1-3H3,(H,22,23)/b6-5+. The second-order valence-electron chi connectivity index (χ2n) is 6.19. The van der Waals surface area contributed by atoms with Gasteiger partial charge in [0.05, 0.1) is 5.52 Å². The van der Waals surface area contributed by atoms with Gasteiger partial charge in [0.1, 0.15) is 0 Å². The van der Waals surface area contributed by atoms with Gasteiger partial charge in [-0.25, -0.2) is 4.79 Å². The molecule has 4 nitrogen and oxygen atoms in total. The molecule has 1 aliphatic rings. The molecule has 1 aliphatic heterocycles. The van der Waals surface area contributed by atoms with Crippen LogP contribution in [-0.2, 0) is 17.8 Å². The van der Waals surface area contributed by atoms with Crippen LogP contribution in [0.2, 0.25) is 0 Å². The third-order valence-electron chi connectivity index (χ3n) is 4.72. The van der Waals surface area contributed by atoms with Gasteiger partial charge in [-0.2, -0.15) is 0 Å². The fraction of sp³-hybridized carbons (Fsp3) is 0.368. The number of rotatable bonds is 3. The maximum Gasteiger partial charge on any atom is 0.328 e. The maximum atomic E-state index is 11.0. The van der Waals surface area contributed by atoms with E-state index >= 15 is 0 Å². The highest BCUT2D eigenvalue weighted by Crippen LogP contribution is 2.30. The summed E-state index contributed by atoms with van der Waals surface area (Å²) in [4.78, 5) is 18.2. The van der Waals surface area contributed by atoms with E-state index in [2.05, 4.69) is 37.8 Å². The minimum absolute atomic E-state index is 0.834. The van der Waals surface area contributed by atoms with Crippen LogP contribution in [0.3, 0.4) is 0 Å². The lowest BCUT2D eigenvalue weighted by Gasteiger charge is -2.29. The highest BCUT2D eigenvalue weighted by Gasteiger charge is 2.21. The topological polar surface area (TPSA) is 53.4 Å². The Morgan fingerprint density at radius 3 is 2.78 bits per heavy atom. The van der Waals surface area contributed by atoms with Crippen LogP contribution in [0, 0.1) is 13.8 Å². The second-order valence-corrected chi connectivity index (χ2v) is 6.19. The van der Waals surface area contributed by atoms with Crippen molar-refractivity contribution in [3.05, 3.63) is 46.2 Å². The molecule has 1 aromatic heterocycles. The summed E-state index contributed by atoms with van der Waals surface area (Å²) in [5.41, 5.74) is 6.66. The highest BCUT2D eigenvalue weighted by atomic mass is 16.4. The number of likely N-dealkylation sites (N-methyl/N-ethyl adjacent to an activating group) is 1. The molecule has 0 unspecified atom stereocenters. The molecule has 0 amide bonds. The number of aromatic nitrogens is 1. The molecule has 0 saturated carbocycles. The maximum absolute atomic E-state index is 11.0. The van der Waals surface area contributed by atoms with Gasteiger partial charge in [-0.15, -0.1) is 0 Å². The van der Waals surface area contributed by atoms with Crippen molar-refractivity contribution in [2.45, 2.75) is 33.7 Å². The minimum atomic E-state index is -0.921. The molecule has 120 valence electrons. The monoisotopic (exact) mass is 310 g/mol. The lowest BCUT2D eigenvalue weighted by atomic mass is 9.93. The zero-order chi connectivity index (χ0) is 16.6. The summed E-state index contributed by atoms with van der Waals surface area (Å²) < 4.78 is 0. The zero-order valence-corrected chi connectivity index (χ0v) is 13.9. The van der Waals surface area contributed by atoms with Crippen molar-refractivity contribution in [1.29, 1.82) is 0 Å². The number of hydrogen-bond donors (Lipinski definition) is 1. The van der Waals surface area contributed by atoms with Gasteiger partial charge in [-0.05, 0) is 60.9 Å². The second kappa shape index (κ2) is 6.13. The van der Waals surface area contributed by atoms with Gasteiger partial charge in [-0.1, -0.05) is 6.92 Å². The SMILES string of the molecule is CCN1CCc2nc3cc(C)c(C)cc3c(/C=C/C(=O)O)c2C1. The molecule has 0 atom stereocenters. The smallest absolute Gasteiger partial charge is 0.328 e. The van der Waals surface area contributed by atoms with Crippen molar-refractivity contribution >= 4 is 22.9 Å². The quantitative estimate of drug-likeness (QED) is 0.884. The predicted molar refractivity (Wildman–Crippen MR) is 92.5 cm³/mol. The first-order chi connectivity index (χ1) is 11.0. The number of aryl methyl sites for hydroxylation is 2. The van der Waals surface area contributed by atoms with Crippen molar-refractivity contribution in [1.82, 2.24) is 9.88 Å². The van der Waals surface area contributed by atoms with E-state index < -0.39 is 5.97 Å². The van der Waals surface area contributed by atoms with E-state index in [-0.39, 0.29) is 0 Å². The first-order valence-electron chi connectivity index (χ1n) is 8.05. The summed E-state index contributed by atoms with van der Waals surface area (Å²) >= 11 is 0. The van der Waals surface area contributed by atoms with Crippen LogP contribution in [0.5, 0.6) is 0 Å². The van der Waals surface area contributed by atoms with Crippen LogP contribution < -0.4 is 0 Å². The Labute approximate surface area is 136 Å². The van der Waals surface area contributed by atoms with Gasteiger partial charge in [0, 0.05) is 36.7 Å². The van der Waals surface area contributed by atoms with Crippen molar-refractivity contribution in [2.75, 3.05) is 13.1 Å². The van der Waals surface area contributed by atoms with Crippen molar-refractivity contribution < 1.29 is 9.90 Å². The molecule has 23 heavy (non-hydrogen) atoms. The van der Waals surface area contributed by atoms with Crippen LogP contribution >= 0.6 is 0 Å². The van der Waals surface area contributed by atoms with Crippen LogP contribution in [-0.4, -0.2) is 34.0 Å². The molecule has 2 aromatic rings. The number of nitrogens with zero attached hydrogens (tertiary/aromatic N) is 2. The molecule has 3 rings (SSSR count). The van der Waals surface area contributed by atoms with Gasteiger partial charge in [0.2, 0.25) is 0 Å². The van der Waals surface area contributed by atoms with E-state index in [1.54, 1.807) is 6.08 Å². The Hall–Kier alpha value is -2.20. The minimum Gasteiger partial charge on any atom is -0.478 e. The Morgan fingerprint density at radius 1 is 1.35 bits per heavy atom. The summed E-state index contributed by atoms with van der Waals surface area (Å²) in [7, 11) is 0. The van der Waals surface area contributed by atoms with E-state index in [1.165, 1.54) is 22.8 Å². The molecule has 0 aliphatic carbocycles. The van der Waals surface area contributed by atoms with Crippen molar-refractivity contribution in [3.8, 4) is 0 Å². The first-order valence-corrected chi connectivity index (χ1v) is 8.05. The molecule has 4 heteroatoms. The molecular formula is C19H22N2O2. The Balaban J connectivity index is 2.27. The van der Waals surface area contributed by atoms with Crippen LogP contribution in [0.25, 0.3) is 17.0 Å². The van der Waals surface area contributed by atoms with Gasteiger partial charge in [0.25, 0.3) is 0 Å². The Kier molecular flexibility index (Phi) is 4.18. The summed E-state index contributed by atoms with van der Waals surface area (Å²) in [6.07, 6.45) is 3.88. The number of carboxylic acid groups (broad SMARTS) is 1. The number of pyridine rings is 1. The van der Waals surface area contributed by atoms with E-state index in [0.717, 1.165) is 48.2 Å². The van der Waals surface area contributed by atoms with E-state index in [9.17, 15) is 4.79 Å². The van der Waals surface area contributed by atoms with E-state index in [4.69, 9.17) is 10.1 Å². The first kappa shape index (κ1) is 15.7. The normalized spacial score (nSPS) is 15.3. The van der Waals surface area contributed by atoms with Gasteiger partial charge >= 0.3 is 5.97 Å². The molecule has 2 heterocycles. The Bertz CT molecular complexity index is 809. The van der Waals surface area contributed by atoms with E-state index in [0.29, 0.717) is 0 Å². The number of fused-ring (bicyclic) bond motifs is 2. The molecule has 0 fully saturated rings. The fourth-order valence-corrected chi connectivity index (χ4v) is 3.20. The Morgan fingerprint density at radius 2 is 2.09 bits per heavy atom. The van der Waals surface area contributed by atoms with E-state index in [1.807, 2.05) is 0 Å². The van der Waals surface area contributed by atoms with Crippen LogP contribution in [0.4, 0.5) is 0 Å². The fourth-order valence-electron chi connectivity index (χ4n) is 3.20. The van der Waals surface area contributed by atoms with Crippen molar-refractivity contribution in [3.63, 3.8) is 0 Å². The summed E-state index contributed by atoms with van der Waals surface area (Å²) in [5.74, 6) is -0.921. The number of benzene rings is 1. The molecule has 0 bridgehead atoms. The molecule has 0 spiro atoms. The molecule has 1 aromatic carbocycles. The van der Waals surface area contributed by atoms with Gasteiger partial charge < -0.3 is 5.11 Å². The third-order valence-corrected chi connectivity index (χ3v) is 4.72. The van der Waals surface area contributed by atoms with Crippen LogP contribution in [0.15, 0.2) is 18.2 Å². The number of aliphatic carboxylic acids is 1. The average Bonchev–Trinajstić information content (AvgIpc) is 2.52. The average molecular weight is 310 g/mol. The largest absolute Gasteiger partial charge is 0.478 e. The third kappa shape index (κ3) is 2.99. The number of carbonyl (C=O) groups is 1. The van der Waals surface area contributed by atoms with Gasteiger partial charge in [0.15, 0.2) is 0 Å². The number of hydrogen-bond acceptors (Lipinski definition) is 3. The summed E-state index contributed by atoms with van der Waals surface area (Å²) in [5, 5.41) is 10.1. The van der Waals surface area contributed by atoms with Crippen molar-refractivity contribution in [2.24, 2.45) is 0 Å². The number of carboxylic acids is 1. The molecular weight excluding hydrogens is 288 g/mol. The lowest BCUT2D eigenvalue weighted by Crippen LogP contribution is -2.31. The lowest BCUT2D eigenvalue weighted by molar-refractivity contribution is -0.131. The molecule has 1 N–H and O–H groups in total. The molecule has 0 saturated heterocycles. The van der Waals surface area contributed by atoms with Gasteiger partial charge in [-0.3, -0.25) is 9.88 Å². The molecule has 0 radical (unpaired) electrons. The highest BCUT2D eigenvalue weighted by molar-refractivity contribution is 5.94. The zero-order valence-electron chi connectivity index (χ0n) is 13.9.